The van der Waals surface area contributed by atoms with Gasteiger partial charge < -0.3 is 14.1 Å². The topological polar surface area (TPSA) is 88.9 Å². The molecular formula is C19H23BrN2O5S. The van der Waals surface area contributed by atoms with Gasteiger partial charge in [-0.05, 0) is 50.6 Å². The number of hydrogen-bond acceptors (Lipinski definition) is 5. The number of nitrogens with one attached hydrogen (secondary N) is 1. The fourth-order valence-corrected chi connectivity index (χ4v) is 4.52. The van der Waals surface area contributed by atoms with Gasteiger partial charge in [-0.2, -0.15) is 0 Å². The van der Waals surface area contributed by atoms with Crippen LogP contribution in [0.15, 0.2) is 50.4 Å². The molecule has 0 saturated carbocycles. The van der Waals surface area contributed by atoms with Gasteiger partial charge in [0, 0.05) is 16.6 Å². The van der Waals surface area contributed by atoms with Crippen LogP contribution in [0, 0.1) is 0 Å². The van der Waals surface area contributed by atoms with E-state index < -0.39 is 15.6 Å². The molecule has 1 aromatic heterocycles. The average Bonchev–Trinajstić information content (AvgIpc) is 3.11. The van der Waals surface area contributed by atoms with E-state index >= 15 is 0 Å². The Balaban J connectivity index is 1.73. The summed E-state index contributed by atoms with van der Waals surface area (Å²) in [5, 5.41) is -0.275. The van der Waals surface area contributed by atoms with E-state index in [2.05, 4.69) is 20.7 Å². The molecule has 1 N–H and O–H groups in total. The van der Waals surface area contributed by atoms with Crippen molar-refractivity contribution < 1.29 is 22.4 Å². The number of morpholine rings is 1. The van der Waals surface area contributed by atoms with Crippen LogP contribution in [0.1, 0.15) is 43.0 Å². The number of carbonyl (C=O) groups excluding carboxylic acids is 1. The molecule has 9 heteroatoms. The summed E-state index contributed by atoms with van der Waals surface area (Å²) in [4.78, 5) is 14.4. The second kappa shape index (κ2) is 7.98. The number of hydrogen-bond donors (Lipinski definition) is 1. The highest BCUT2D eigenvalue weighted by molar-refractivity contribution is 9.10. The Morgan fingerprint density at radius 1 is 1.18 bits per heavy atom. The minimum absolute atomic E-state index is 0.00857. The van der Waals surface area contributed by atoms with Gasteiger partial charge in [-0.1, -0.05) is 28.1 Å². The van der Waals surface area contributed by atoms with Crippen molar-refractivity contribution in [3.63, 3.8) is 0 Å². The fourth-order valence-electron chi connectivity index (χ4n) is 2.90. The molecule has 0 spiro atoms. The maximum atomic E-state index is 12.8. The molecular weight excluding hydrogens is 448 g/mol. The molecule has 1 atom stereocenters. The second-order valence-corrected chi connectivity index (χ2v) is 10.2. The molecule has 3 rings (SSSR count). The molecule has 28 heavy (non-hydrogen) atoms. The summed E-state index contributed by atoms with van der Waals surface area (Å²) in [5.74, 6) is -0.367. The van der Waals surface area contributed by atoms with E-state index in [1.165, 1.54) is 12.1 Å². The van der Waals surface area contributed by atoms with Crippen LogP contribution in [0.4, 0.5) is 0 Å². The molecule has 0 aliphatic carbocycles. The second-order valence-electron chi connectivity index (χ2n) is 7.64. The van der Waals surface area contributed by atoms with E-state index in [0.29, 0.717) is 19.7 Å². The van der Waals surface area contributed by atoms with E-state index in [1.807, 2.05) is 24.3 Å². The van der Waals surface area contributed by atoms with Crippen molar-refractivity contribution in [2.45, 2.75) is 37.5 Å². The first-order chi connectivity index (χ1) is 13.0. The van der Waals surface area contributed by atoms with E-state index in [1.54, 1.807) is 25.7 Å². The maximum absolute atomic E-state index is 12.8. The molecule has 2 heterocycles. The van der Waals surface area contributed by atoms with Gasteiger partial charge in [-0.3, -0.25) is 4.79 Å². The Bertz CT molecular complexity index is 947. The van der Waals surface area contributed by atoms with E-state index in [0.717, 1.165) is 10.0 Å². The van der Waals surface area contributed by atoms with Crippen molar-refractivity contribution in [2.24, 2.45) is 0 Å². The van der Waals surface area contributed by atoms with E-state index in [9.17, 15) is 13.2 Å². The summed E-state index contributed by atoms with van der Waals surface area (Å²) in [6.45, 7) is 6.36. The van der Waals surface area contributed by atoms with Gasteiger partial charge in [0.05, 0.1) is 13.2 Å². The third kappa shape index (κ3) is 5.02. The fraction of sp³-hybridized carbons (Fsp3) is 0.421. The summed E-state index contributed by atoms with van der Waals surface area (Å²) >= 11 is 3.40. The minimum Gasteiger partial charge on any atom is -0.438 e. The van der Waals surface area contributed by atoms with Crippen molar-refractivity contribution in [1.29, 1.82) is 0 Å². The largest absolute Gasteiger partial charge is 0.438 e. The zero-order chi connectivity index (χ0) is 20.5. The summed E-state index contributed by atoms with van der Waals surface area (Å²) in [6, 6.07) is 10.4. The van der Waals surface area contributed by atoms with E-state index in [-0.39, 0.29) is 22.9 Å². The molecule has 1 fully saturated rings. The van der Waals surface area contributed by atoms with Crippen molar-refractivity contribution in [2.75, 3.05) is 19.7 Å². The highest BCUT2D eigenvalue weighted by atomic mass is 79.9. The molecule has 0 radical (unpaired) electrons. The first-order valence-corrected chi connectivity index (χ1v) is 11.1. The average molecular weight is 471 g/mol. The molecule has 7 nitrogen and oxygen atoms in total. The number of furan rings is 1. The lowest BCUT2D eigenvalue weighted by molar-refractivity contribution is -0.0239. The van der Waals surface area contributed by atoms with Gasteiger partial charge in [-0.15, -0.1) is 0 Å². The lowest BCUT2D eigenvalue weighted by Gasteiger charge is -2.32. The number of amides is 1. The first kappa shape index (κ1) is 21.0. The Kier molecular flexibility index (Phi) is 6.00. The number of sulfonamides is 1. The van der Waals surface area contributed by atoms with Crippen LogP contribution in [-0.4, -0.2) is 44.5 Å². The normalized spacial score (nSPS) is 18.3. The summed E-state index contributed by atoms with van der Waals surface area (Å²) in [6.07, 6.45) is -0.244. The number of carbonyl (C=O) groups is 1. The van der Waals surface area contributed by atoms with Crippen LogP contribution in [0.2, 0.25) is 0 Å². The Hall–Kier alpha value is -1.68. The monoisotopic (exact) mass is 470 g/mol. The molecule has 0 bridgehead atoms. The van der Waals surface area contributed by atoms with Crippen LogP contribution in [-0.2, 0) is 14.8 Å². The smallest absolute Gasteiger partial charge is 0.289 e. The molecule has 2 aromatic rings. The molecule has 1 amide bonds. The predicted octanol–water partition coefficient (Wildman–Crippen LogP) is 3.33. The summed E-state index contributed by atoms with van der Waals surface area (Å²) < 4.78 is 39.4. The van der Waals surface area contributed by atoms with Gasteiger partial charge in [0.25, 0.3) is 15.9 Å². The van der Waals surface area contributed by atoms with Crippen LogP contribution in [0.25, 0.3) is 0 Å². The minimum atomic E-state index is -3.84. The molecule has 1 aliphatic heterocycles. The Morgan fingerprint density at radius 3 is 2.50 bits per heavy atom. The predicted molar refractivity (Wildman–Crippen MR) is 108 cm³/mol. The standard InChI is InChI=1S/C19H23BrN2O5S/c1-19(2,3)21-28(24,25)17-9-8-15(27-17)18(23)22-10-11-26-16(12-22)13-4-6-14(20)7-5-13/h4-9,16,21H,10-12H2,1-3H3. The number of nitrogens with zero attached hydrogens (tertiary/aromatic N) is 1. The number of rotatable bonds is 4. The van der Waals surface area contributed by atoms with Gasteiger partial charge >= 0.3 is 0 Å². The number of halogens is 1. The zero-order valence-corrected chi connectivity index (χ0v) is 18.3. The zero-order valence-electron chi connectivity index (χ0n) is 15.9. The Morgan fingerprint density at radius 2 is 1.86 bits per heavy atom. The third-order valence-corrected chi connectivity index (χ3v) is 6.25. The van der Waals surface area contributed by atoms with Crippen LogP contribution in [0.5, 0.6) is 0 Å². The van der Waals surface area contributed by atoms with Crippen LogP contribution in [0.3, 0.4) is 0 Å². The van der Waals surface area contributed by atoms with Gasteiger partial charge in [-0.25, -0.2) is 13.1 Å². The Labute approximate surface area is 173 Å². The third-order valence-electron chi connectivity index (χ3n) is 4.09. The van der Waals surface area contributed by atoms with Crippen molar-refractivity contribution in [1.82, 2.24) is 9.62 Å². The van der Waals surface area contributed by atoms with Crippen LogP contribution >= 0.6 is 15.9 Å². The van der Waals surface area contributed by atoms with Crippen molar-refractivity contribution in [3.05, 3.63) is 52.2 Å². The maximum Gasteiger partial charge on any atom is 0.289 e. The number of benzene rings is 1. The lowest BCUT2D eigenvalue weighted by atomic mass is 10.1. The van der Waals surface area contributed by atoms with Gasteiger partial charge in [0.2, 0.25) is 5.09 Å². The molecule has 152 valence electrons. The van der Waals surface area contributed by atoms with Gasteiger partial charge in [0.1, 0.15) is 6.10 Å². The summed E-state index contributed by atoms with van der Waals surface area (Å²) in [7, 11) is -3.84. The lowest BCUT2D eigenvalue weighted by Crippen LogP contribution is -2.42. The van der Waals surface area contributed by atoms with Gasteiger partial charge in [0.15, 0.2) is 5.76 Å². The SMILES string of the molecule is CC(C)(C)NS(=O)(=O)c1ccc(C(=O)N2CCOC(c3ccc(Br)cc3)C2)o1. The van der Waals surface area contributed by atoms with Crippen molar-refractivity contribution >= 4 is 31.9 Å². The van der Waals surface area contributed by atoms with Crippen molar-refractivity contribution in [3.8, 4) is 0 Å². The molecule has 1 unspecified atom stereocenters. The first-order valence-electron chi connectivity index (χ1n) is 8.85. The molecule has 1 aromatic carbocycles. The van der Waals surface area contributed by atoms with E-state index in [4.69, 9.17) is 9.15 Å². The molecule has 1 aliphatic rings. The quantitative estimate of drug-likeness (QED) is 0.739. The summed E-state index contributed by atoms with van der Waals surface area (Å²) in [5.41, 5.74) is 0.315. The number of ether oxygens (including phenoxy) is 1. The van der Waals surface area contributed by atoms with Crippen LogP contribution < -0.4 is 4.72 Å². The molecule has 1 saturated heterocycles. The highest BCUT2D eigenvalue weighted by Crippen LogP contribution is 2.25. The highest BCUT2D eigenvalue weighted by Gasteiger charge is 2.30.